The largest absolute Gasteiger partial charge is 0.395 e. The third kappa shape index (κ3) is 0.942. The Labute approximate surface area is 71.3 Å². The number of aromatic nitrogens is 1. The highest BCUT2D eigenvalue weighted by Gasteiger charge is 2.25. The van der Waals surface area contributed by atoms with E-state index >= 15 is 0 Å². The van der Waals surface area contributed by atoms with Gasteiger partial charge in [0.15, 0.2) is 12.8 Å². The fourth-order valence-corrected chi connectivity index (χ4v) is 1.31. The average Bonchev–Trinajstić information content (AvgIpc) is 2.12. The summed E-state index contributed by atoms with van der Waals surface area (Å²) in [6, 6.07) is 3.97. The molecule has 0 aliphatic carbocycles. The van der Waals surface area contributed by atoms with E-state index in [4.69, 9.17) is 0 Å². The molecule has 0 saturated heterocycles. The Bertz CT molecular complexity index is 366. The monoisotopic (exact) mass is 161 g/mol. The van der Waals surface area contributed by atoms with Crippen molar-refractivity contribution < 1.29 is 9.15 Å². The van der Waals surface area contributed by atoms with Crippen LogP contribution in [0.25, 0.3) is 0 Å². The zero-order valence-electron chi connectivity index (χ0n) is 7.07. The van der Waals surface area contributed by atoms with Gasteiger partial charge >= 0.3 is 5.82 Å². The molecule has 0 radical (unpaired) electrons. The normalized spacial score (nSPS) is 15.4. The molecule has 0 bridgehead atoms. The van der Waals surface area contributed by atoms with Crippen LogP contribution < -0.4 is 0 Å². The first-order valence-electron chi connectivity index (χ1n) is 3.88. The van der Waals surface area contributed by atoms with Crippen molar-refractivity contribution in [3.8, 4) is 0 Å². The minimum atomic E-state index is 0.820. The fraction of sp³-hybridized carbons (Fsp3) is 0.222. The highest BCUT2D eigenvalue weighted by atomic mass is 15.2. The summed E-state index contributed by atoms with van der Waals surface area (Å²) in [6.45, 7) is 4.71. The molecule has 0 amide bonds. The van der Waals surface area contributed by atoms with E-state index in [2.05, 4.69) is 22.5 Å². The second-order valence-corrected chi connectivity index (χ2v) is 2.86. The van der Waals surface area contributed by atoms with Crippen molar-refractivity contribution in [2.75, 3.05) is 13.6 Å². The summed E-state index contributed by atoms with van der Waals surface area (Å²) in [5.41, 5.74) is 1.11. The Hall–Kier alpha value is -1.51. The Morgan fingerprint density at radius 1 is 1.58 bits per heavy atom. The van der Waals surface area contributed by atoms with Gasteiger partial charge in [0, 0.05) is 6.07 Å². The predicted molar refractivity (Wildman–Crippen MR) is 48.1 cm³/mol. The second-order valence-electron chi connectivity index (χ2n) is 2.86. The molecule has 1 aliphatic rings. The molecule has 60 valence electrons. The molecule has 3 heteroatoms. The van der Waals surface area contributed by atoms with Crippen molar-refractivity contribution in [2.24, 2.45) is 0 Å². The van der Waals surface area contributed by atoms with E-state index in [0.717, 1.165) is 18.1 Å². The second kappa shape index (κ2) is 2.52. The molecule has 1 aromatic heterocycles. The van der Waals surface area contributed by atoms with Crippen LogP contribution in [0.1, 0.15) is 0 Å². The number of rotatable bonds is 0. The standard InChI is InChI=1S/C9H11N3/c1-11-6-7-12(2)9-8(11)4-3-5-10-9/h3-6H,2,7H2,1H3/q+2. The first-order chi connectivity index (χ1) is 5.79. The van der Waals surface area contributed by atoms with Crippen LogP contribution in [-0.4, -0.2) is 40.7 Å². The van der Waals surface area contributed by atoms with Crippen LogP contribution in [0.4, 0.5) is 11.5 Å². The Morgan fingerprint density at radius 3 is 3.17 bits per heavy atom. The Kier molecular flexibility index (Phi) is 1.50. The van der Waals surface area contributed by atoms with E-state index in [9.17, 15) is 0 Å². The summed E-state index contributed by atoms with van der Waals surface area (Å²) < 4.78 is 3.96. The number of pyridine rings is 1. The van der Waals surface area contributed by atoms with E-state index in [0.29, 0.717) is 0 Å². The molecular formula is C9H11N3+2. The van der Waals surface area contributed by atoms with Gasteiger partial charge in [-0.25, -0.2) is 4.58 Å². The third-order valence-electron chi connectivity index (χ3n) is 2.02. The van der Waals surface area contributed by atoms with E-state index in [-0.39, 0.29) is 0 Å². The quantitative estimate of drug-likeness (QED) is 0.515. The number of hydrogen-bond acceptors (Lipinski definition) is 1. The van der Waals surface area contributed by atoms with Gasteiger partial charge in [0.1, 0.15) is 13.2 Å². The maximum atomic E-state index is 4.25. The van der Waals surface area contributed by atoms with Gasteiger partial charge in [-0.1, -0.05) is 0 Å². The van der Waals surface area contributed by atoms with E-state index in [1.165, 1.54) is 0 Å². The van der Waals surface area contributed by atoms with Crippen molar-refractivity contribution in [1.29, 1.82) is 0 Å². The lowest BCUT2D eigenvalue weighted by Gasteiger charge is -2.04. The molecular weight excluding hydrogens is 150 g/mol. The zero-order chi connectivity index (χ0) is 8.55. The number of hydrogen-bond donors (Lipinski definition) is 0. The van der Waals surface area contributed by atoms with Crippen molar-refractivity contribution in [3.05, 3.63) is 18.3 Å². The Balaban J connectivity index is 2.66. The van der Waals surface area contributed by atoms with Crippen LogP contribution >= 0.6 is 0 Å². The molecule has 0 unspecified atom stereocenters. The SMILES string of the molecule is C=[N+]1CC=[N+](C)c2cccnc21. The minimum Gasteiger partial charge on any atom is -0.222 e. The van der Waals surface area contributed by atoms with E-state index < -0.39 is 0 Å². The van der Waals surface area contributed by atoms with Crippen LogP contribution in [-0.2, 0) is 0 Å². The summed E-state index contributed by atoms with van der Waals surface area (Å²) in [6.07, 6.45) is 3.87. The molecule has 0 saturated carbocycles. The molecule has 0 spiro atoms. The van der Waals surface area contributed by atoms with E-state index in [1.807, 2.05) is 23.8 Å². The van der Waals surface area contributed by atoms with Gasteiger partial charge in [-0.05, 0) is 11.1 Å². The molecule has 1 aromatic rings. The van der Waals surface area contributed by atoms with Crippen molar-refractivity contribution in [2.45, 2.75) is 0 Å². The van der Waals surface area contributed by atoms with Gasteiger partial charge in [0.2, 0.25) is 0 Å². The average molecular weight is 161 g/mol. The van der Waals surface area contributed by atoms with Crippen LogP contribution in [0.2, 0.25) is 0 Å². The lowest BCUT2D eigenvalue weighted by Crippen LogP contribution is -2.19. The molecule has 0 N–H and O–H groups in total. The lowest BCUT2D eigenvalue weighted by atomic mass is 10.3. The van der Waals surface area contributed by atoms with Crippen LogP contribution in [0.15, 0.2) is 18.3 Å². The van der Waals surface area contributed by atoms with E-state index in [1.54, 1.807) is 6.20 Å². The number of nitrogens with zero attached hydrogens (tertiary/aromatic N) is 3. The molecule has 0 aromatic carbocycles. The topological polar surface area (TPSA) is 18.9 Å². The molecule has 12 heavy (non-hydrogen) atoms. The lowest BCUT2D eigenvalue weighted by molar-refractivity contribution is -0.480. The predicted octanol–water partition coefficient (Wildman–Crippen LogP) is 0.784. The first-order valence-corrected chi connectivity index (χ1v) is 3.88. The summed E-state index contributed by atoms with van der Waals surface area (Å²) in [4.78, 5) is 4.25. The summed E-state index contributed by atoms with van der Waals surface area (Å²) >= 11 is 0. The Morgan fingerprint density at radius 2 is 2.42 bits per heavy atom. The molecule has 3 nitrogen and oxygen atoms in total. The number of fused-ring (bicyclic) bond motifs is 1. The van der Waals surface area contributed by atoms with Gasteiger partial charge in [0.25, 0.3) is 5.69 Å². The van der Waals surface area contributed by atoms with Crippen LogP contribution in [0, 0.1) is 0 Å². The first kappa shape index (κ1) is 7.16. The van der Waals surface area contributed by atoms with Crippen LogP contribution in [0.5, 0.6) is 0 Å². The highest BCUT2D eigenvalue weighted by molar-refractivity contribution is 5.62. The van der Waals surface area contributed by atoms with Gasteiger partial charge < -0.3 is 0 Å². The van der Waals surface area contributed by atoms with Gasteiger partial charge in [-0.2, -0.15) is 4.58 Å². The van der Waals surface area contributed by atoms with Crippen molar-refractivity contribution in [1.82, 2.24) is 4.98 Å². The van der Waals surface area contributed by atoms with Gasteiger partial charge in [-0.3, -0.25) is 0 Å². The maximum Gasteiger partial charge on any atom is 0.395 e. The highest BCUT2D eigenvalue weighted by Crippen LogP contribution is 2.23. The molecule has 2 heterocycles. The molecule has 1 aliphatic heterocycles. The van der Waals surface area contributed by atoms with Crippen LogP contribution in [0.3, 0.4) is 0 Å². The summed E-state index contributed by atoms with van der Waals surface area (Å²) in [5, 5.41) is 0. The smallest absolute Gasteiger partial charge is 0.222 e. The van der Waals surface area contributed by atoms with Crippen molar-refractivity contribution in [3.63, 3.8) is 0 Å². The summed E-state index contributed by atoms with van der Waals surface area (Å²) in [7, 11) is 2.02. The van der Waals surface area contributed by atoms with Gasteiger partial charge in [0.05, 0.1) is 6.72 Å². The third-order valence-corrected chi connectivity index (χ3v) is 2.02. The zero-order valence-corrected chi connectivity index (χ0v) is 7.07. The van der Waals surface area contributed by atoms with Gasteiger partial charge in [-0.15, -0.1) is 0 Å². The molecule has 0 fully saturated rings. The maximum absolute atomic E-state index is 4.25. The fourth-order valence-electron chi connectivity index (χ4n) is 1.31. The van der Waals surface area contributed by atoms with Crippen molar-refractivity contribution >= 4 is 24.4 Å². The molecule has 2 rings (SSSR count). The summed E-state index contributed by atoms with van der Waals surface area (Å²) in [5.74, 6) is 0.947. The molecule has 0 atom stereocenters. The minimum absolute atomic E-state index is 0.820.